The first kappa shape index (κ1) is 12.1. The van der Waals surface area contributed by atoms with E-state index in [1.54, 1.807) is 14.2 Å². The van der Waals surface area contributed by atoms with E-state index in [4.69, 9.17) is 9.47 Å². The van der Waals surface area contributed by atoms with Crippen LogP contribution in [0.15, 0.2) is 24.3 Å². The molecule has 0 saturated carbocycles. The molecule has 4 heteroatoms. The van der Waals surface area contributed by atoms with Crippen LogP contribution in [0.4, 0.5) is 5.69 Å². The van der Waals surface area contributed by atoms with Crippen molar-refractivity contribution in [2.24, 2.45) is 0 Å². The minimum absolute atomic E-state index is 0.371. The number of rotatable bonds is 2. The Kier molecular flexibility index (Phi) is 2.95. The summed E-state index contributed by atoms with van der Waals surface area (Å²) in [5.41, 5.74) is 2.04. The predicted molar refractivity (Wildman–Crippen MR) is 75.3 cm³/mol. The van der Waals surface area contributed by atoms with E-state index in [9.17, 15) is 5.11 Å². The van der Waals surface area contributed by atoms with Gasteiger partial charge in [0.1, 0.15) is 11.5 Å². The van der Waals surface area contributed by atoms with E-state index >= 15 is 0 Å². The van der Waals surface area contributed by atoms with Gasteiger partial charge >= 0.3 is 0 Å². The van der Waals surface area contributed by atoms with Gasteiger partial charge in [-0.05, 0) is 12.1 Å². The van der Waals surface area contributed by atoms with Crippen LogP contribution in [-0.4, -0.2) is 32.0 Å². The lowest BCUT2D eigenvalue weighted by molar-refractivity contribution is 0.183. The van der Waals surface area contributed by atoms with Crippen molar-refractivity contribution in [3.63, 3.8) is 0 Å². The summed E-state index contributed by atoms with van der Waals surface area (Å²) in [4.78, 5) is 0. The van der Waals surface area contributed by atoms with E-state index in [-0.39, 0.29) is 6.10 Å². The second-order valence-electron chi connectivity index (χ2n) is 4.73. The third kappa shape index (κ3) is 1.88. The number of β-amino-alcohol motifs (C(OH)–C–C–N with tert-alkyl or cyclic N) is 1. The molecule has 0 bridgehead atoms. The first-order chi connectivity index (χ1) is 9.24. The van der Waals surface area contributed by atoms with Crippen LogP contribution in [0.2, 0.25) is 0 Å². The number of ether oxygens (including phenoxy) is 2. The highest BCUT2D eigenvalue weighted by Gasteiger charge is 2.22. The van der Waals surface area contributed by atoms with Crippen molar-refractivity contribution >= 4 is 16.5 Å². The van der Waals surface area contributed by atoms with Gasteiger partial charge in [0.2, 0.25) is 0 Å². The summed E-state index contributed by atoms with van der Waals surface area (Å²) >= 11 is 0. The Morgan fingerprint density at radius 3 is 2.79 bits per heavy atom. The maximum atomic E-state index is 9.81. The summed E-state index contributed by atoms with van der Waals surface area (Å²) in [6, 6.07) is 7.96. The predicted octanol–water partition coefficient (Wildman–Crippen LogP) is 2.19. The van der Waals surface area contributed by atoms with E-state index in [0.717, 1.165) is 33.5 Å². The molecule has 100 valence electrons. The van der Waals surface area contributed by atoms with Crippen LogP contribution in [0.25, 0.3) is 10.8 Å². The quantitative estimate of drug-likeness (QED) is 0.868. The summed E-state index contributed by atoms with van der Waals surface area (Å²) in [5.74, 6) is 1.64. The van der Waals surface area contributed by atoms with Crippen LogP contribution in [0, 0.1) is 0 Å². The molecule has 1 atom stereocenters. The average molecular weight is 259 g/mol. The summed E-state index contributed by atoms with van der Waals surface area (Å²) in [5, 5.41) is 15.1. The number of methoxy groups -OCH3 is 2. The lowest BCUT2D eigenvalue weighted by Crippen LogP contribution is -2.27. The number of fused-ring (bicyclic) bond motifs is 2. The van der Waals surface area contributed by atoms with Crippen LogP contribution in [0.3, 0.4) is 0 Å². The average Bonchev–Trinajstić information content (AvgIpc) is 2.44. The van der Waals surface area contributed by atoms with Crippen LogP contribution in [0.5, 0.6) is 11.5 Å². The lowest BCUT2D eigenvalue weighted by Gasteiger charge is -2.25. The van der Waals surface area contributed by atoms with Gasteiger partial charge in [-0.15, -0.1) is 0 Å². The Balaban J connectivity index is 2.32. The van der Waals surface area contributed by atoms with Crippen LogP contribution in [-0.2, 0) is 6.42 Å². The fraction of sp³-hybridized carbons (Fsp3) is 0.333. The Bertz CT molecular complexity index is 624. The standard InChI is InChI=1S/C15H17NO3/c1-18-14-5-3-4-10-11(14)7-13-12(15(10)19-2)6-9(17)8-16-13/h3-5,7,9,16-17H,6,8H2,1-2H3. The maximum absolute atomic E-state index is 9.81. The van der Waals surface area contributed by atoms with E-state index in [2.05, 4.69) is 11.4 Å². The van der Waals surface area contributed by atoms with Gasteiger partial charge in [-0.3, -0.25) is 0 Å². The molecule has 1 heterocycles. The van der Waals surface area contributed by atoms with Gasteiger partial charge < -0.3 is 19.9 Å². The van der Waals surface area contributed by atoms with Gasteiger partial charge in [0, 0.05) is 35.0 Å². The SMILES string of the molecule is COc1cccc2c(OC)c3c(cc12)NCC(O)C3. The number of aliphatic hydroxyl groups excluding tert-OH is 1. The van der Waals surface area contributed by atoms with Crippen molar-refractivity contribution in [1.29, 1.82) is 0 Å². The maximum Gasteiger partial charge on any atom is 0.132 e. The smallest absolute Gasteiger partial charge is 0.132 e. The fourth-order valence-electron chi connectivity index (χ4n) is 2.71. The molecule has 4 nitrogen and oxygen atoms in total. The van der Waals surface area contributed by atoms with Crippen molar-refractivity contribution in [2.45, 2.75) is 12.5 Å². The Morgan fingerprint density at radius 1 is 1.21 bits per heavy atom. The molecular weight excluding hydrogens is 242 g/mol. The zero-order valence-electron chi connectivity index (χ0n) is 11.1. The molecule has 1 unspecified atom stereocenters. The molecule has 2 aromatic carbocycles. The van der Waals surface area contributed by atoms with Gasteiger partial charge in [0.25, 0.3) is 0 Å². The molecule has 0 aliphatic carbocycles. The molecule has 2 aromatic rings. The van der Waals surface area contributed by atoms with Gasteiger partial charge in [0.05, 0.1) is 20.3 Å². The number of nitrogens with one attached hydrogen (secondary N) is 1. The molecule has 0 aromatic heterocycles. The summed E-state index contributed by atoms with van der Waals surface area (Å²) in [6.45, 7) is 0.566. The summed E-state index contributed by atoms with van der Waals surface area (Å²) in [7, 11) is 3.33. The lowest BCUT2D eigenvalue weighted by atomic mass is 9.95. The van der Waals surface area contributed by atoms with Crippen molar-refractivity contribution in [3.05, 3.63) is 29.8 Å². The second-order valence-corrected chi connectivity index (χ2v) is 4.73. The van der Waals surface area contributed by atoms with E-state index in [0.29, 0.717) is 13.0 Å². The highest BCUT2D eigenvalue weighted by Crippen LogP contribution is 2.41. The molecule has 19 heavy (non-hydrogen) atoms. The van der Waals surface area contributed by atoms with E-state index in [1.807, 2.05) is 18.2 Å². The zero-order chi connectivity index (χ0) is 13.4. The molecule has 0 spiro atoms. The minimum atomic E-state index is -0.371. The zero-order valence-corrected chi connectivity index (χ0v) is 11.1. The largest absolute Gasteiger partial charge is 0.496 e. The van der Waals surface area contributed by atoms with Crippen LogP contribution >= 0.6 is 0 Å². The number of anilines is 1. The first-order valence-electron chi connectivity index (χ1n) is 6.33. The molecular formula is C15H17NO3. The van der Waals surface area contributed by atoms with Crippen LogP contribution < -0.4 is 14.8 Å². The molecule has 1 aliphatic rings. The van der Waals surface area contributed by atoms with Gasteiger partial charge in [0.15, 0.2) is 0 Å². The minimum Gasteiger partial charge on any atom is -0.496 e. The number of benzene rings is 2. The second kappa shape index (κ2) is 4.63. The summed E-state index contributed by atoms with van der Waals surface area (Å²) in [6.07, 6.45) is 0.239. The van der Waals surface area contributed by atoms with Crippen molar-refractivity contribution in [3.8, 4) is 11.5 Å². The van der Waals surface area contributed by atoms with Crippen molar-refractivity contribution in [2.75, 3.05) is 26.1 Å². The molecule has 0 radical (unpaired) electrons. The van der Waals surface area contributed by atoms with Gasteiger partial charge in [-0.1, -0.05) is 12.1 Å². The monoisotopic (exact) mass is 259 g/mol. The van der Waals surface area contributed by atoms with E-state index in [1.165, 1.54) is 0 Å². The number of aliphatic hydroxyl groups is 1. The molecule has 3 rings (SSSR count). The fourth-order valence-corrected chi connectivity index (χ4v) is 2.71. The normalized spacial score (nSPS) is 17.7. The molecule has 0 saturated heterocycles. The Hall–Kier alpha value is -1.94. The highest BCUT2D eigenvalue weighted by atomic mass is 16.5. The first-order valence-corrected chi connectivity index (χ1v) is 6.33. The number of hydrogen-bond acceptors (Lipinski definition) is 4. The summed E-state index contributed by atoms with van der Waals surface area (Å²) < 4.78 is 11.0. The topological polar surface area (TPSA) is 50.7 Å². The van der Waals surface area contributed by atoms with Crippen molar-refractivity contribution in [1.82, 2.24) is 0 Å². The molecule has 2 N–H and O–H groups in total. The molecule has 0 fully saturated rings. The van der Waals surface area contributed by atoms with E-state index < -0.39 is 0 Å². The highest BCUT2D eigenvalue weighted by molar-refractivity contribution is 5.97. The van der Waals surface area contributed by atoms with Gasteiger partial charge in [-0.25, -0.2) is 0 Å². The van der Waals surface area contributed by atoms with Gasteiger partial charge in [-0.2, -0.15) is 0 Å². The Labute approximate surface area is 112 Å². The third-order valence-electron chi connectivity index (χ3n) is 3.59. The molecule has 0 amide bonds. The number of hydrogen-bond donors (Lipinski definition) is 2. The van der Waals surface area contributed by atoms with Crippen LogP contribution in [0.1, 0.15) is 5.56 Å². The third-order valence-corrected chi connectivity index (χ3v) is 3.59. The Morgan fingerprint density at radius 2 is 2.05 bits per heavy atom. The van der Waals surface area contributed by atoms with Crippen molar-refractivity contribution < 1.29 is 14.6 Å². The molecule has 1 aliphatic heterocycles.